The van der Waals surface area contributed by atoms with Gasteiger partial charge in [0, 0.05) is 51.1 Å². The van der Waals surface area contributed by atoms with Gasteiger partial charge >= 0.3 is 0 Å². The highest BCUT2D eigenvalue weighted by atomic mass is 16.3. The van der Waals surface area contributed by atoms with E-state index in [2.05, 4.69) is 391 Å². The average molecular weight is 1360 g/mol. The van der Waals surface area contributed by atoms with Crippen molar-refractivity contribution in [2.24, 2.45) is 0 Å². The molecule has 0 N–H and O–H groups in total. The lowest BCUT2D eigenvalue weighted by Gasteiger charge is -2.54. The minimum Gasteiger partial charge on any atom is -0.480 e. The zero-order valence-corrected chi connectivity index (χ0v) is 57.9. The number of fused-ring (bicyclic) bond motifs is 9. The summed E-state index contributed by atoms with van der Waals surface area (Å²) in [5, 5.41) is 0. The lowest BCUT2D eigenvalue weighted by atomic mass is 9.34. The second-order valence-electron chi connectivity index (χ2n) is 29.1. The van der Waals surface area contributed by atoms with Crippen molar-refractivity contribution in [1.82, 2.24) is 0 Å². The van der Waals surface area contributed by atoms with Crippen LogP contribution in [0.3, 0.4) is 0 Å². The van der Waals surface area contributed by atoms with Crippen molar-refractivity contribution in [1.29, 1.82) is 0 Å². The summed E-state index contributed by atoms with van der Waals surface area (Å²) in [5.41, 5.74) is 41.8. The molecule has 25 rings (SSSR count). The van der Waals surface area contributed by atoms with Crippen molar-refractivity contribution in [3.8, 4) is 22.3 Å². The second kappa shape index (κ2) is 21.1. The molecule has 9 aliphatic rings. The Kier molecular flexibility index (Phi) is 11.3. The van der Waals surface area contributed by atoms with Crippen LogP contribution in [0.1, 0.15) is 5.56 Å². The summed E-state index contributed by atoms with van der Waals surface area (Å²) in [7, 11) is 0. The quantitative estimate of drug-likeness (QED) is 0.131. The maximum Gasteiger partial charge on any atom is 0.297 e. The van der Waals surface area contributed by atoms with Crippen LogP contribution in [0, 0.1) is 6.92 Å². The first-order valence-corrected chi connectivity index (χ1v) is 37.0. The summed E-state index contributed by atoms with van der Waals surface area (Å²) in [6.45, 7) is 1.48. The van der Waals surface area contributed by atoms with Gasteiger partial charge in [0.2, 0.25) is 0 Å². The predicted molar refractivity (Wildman–Crippen MR) is 444 cm³/mol. The number of aryl methyl sites for hydroxylation is 1. The van der Waals surface area contributed by atoms with Crippen LogP contribution >= 0.6 is 0 Å². The van der Waals surface area contributed by atoms with Crippen LogP contribution in [0.5, 0.6) is 0 Å². The van der Waals surface area contributed by atoms with Crippen LogP contribution in [-0.4, -0.2) is 13.4 Å². The molecule has 0 unspecified atom stereocenters. The van der Waals surface area contributed by atoms with E-state index >= 15 is 0 Å². The highest BCUT2D eigenvalue weighted by molar-refractivity contribution is 7.03. The minimum atomic E-state index is -0.459. The number of para-hydroxylation sites is 10. The Hall–Kier alpha value is -14.1. The summed E-state index contributed by atoms with van der Waals surface area (Å²) in [6, 6.07) is 126. The first-order chi connectivity index (χ1) is 53.1. The second-order valence-corrected chi connectivity index (χ2v) is 29.1. The smallest absolute Gasteiger partial charge is 0.297 e. The molecular formula is C95H59B2N9O. The Morgan fingerprint density at radius 2 is 0.654 bits per heavy atom. The van der Waals surface area contributed by atoms with Crippen molar-refractivity contribution in [3.05, 3.63) is 345 Å². The third-order valence-electron chi connectivity index (χ3n) is 23.7. The van der Waals surface area contributed by atoms with Gasteiger partial charge < -0.3 is 48.5 Å². The molecule has 0 amide bonds. The van der Waals surface area contributed by atoms with E-state index < -0.39 is 13.4 Å². The first kappa shape index (κ1) is 57.4. The Labute approximate surface area is 619 Å². The zero-order valence-electron chi connectivity index (χ0n) is 57.9. The van der Waals surface area contributed by atoms with Gasteiger partial charge in [0.05, 0.1) is 108 Å². The predicted octanol–water partition coefficient (Wildman–Crippen LogP) is 22.0. The zero-order chi connectivity index (χ0) is 69.6. The molecule has 12 heteroatoms. The number of nitrogens with zero attached hydrogens (tertiary/aromatic N) is 9. The molecule has 0 aliphatic carbocycles. The van der Waals surface area contributed by atoms with Gasteiger partial charge in [-0.25, -0.2) is 0 Å². The van der Waals surface area contributed by atoms with Crippen LogP contribution in [0.25, 0.3) is 22.3 Å². The standard InChI is InChI=1S/C95H59B2N9O/c1-58-54-77-81-90-83(58)100(65-40-20-7-21-41-65)74-49-29-50-75-88(74)106(90)86-69(53-52-68(60-32-12-3-13-33-60)84(86)101(75)66-42-22-8-23-43-66)96(81)94-92-93-95(107-94)97-70-55-61(59-30-10-2-11-31-59)56-79-85(70)105-87-73(99(79)64-38-18-6-19-39-64)48-28-51-76(87)102(67-44-24-9-25-45-67)89-80(98(62-34-14-4-15-35-62)63-36-16-5-17-37-63)57-78(82(97)91(89)105)104(93)72-47-27-26-46-71(72)103(77)92/h2-57H,1H3. The van der Waals surface area contributed by atoms with Crippen molar-refractivity contribution in [2.75, 3.05) is 44.1 Å². The van der Waals surface area contributed by atoms with E-state index in [1.54, 1.807) is 0 Å². The van der Waals surface area contributed by atoms with E-state index in [4.69, 9.17) is 4.42 Å². The fourth-order valence-electron chi connectivity index (χ4n) is 19.8. The summed E-state index contributed by atoms with van der Waals surface area (Å²) in [5.74, 6) is 0. The average Bonchev–Trinajstić information content (AvgIpc) is 1.64. The van der Waals surface area contributed by atoms with Gasteiger partial charge in [-0.15, -0.1) is 0 Å². The Bertz CT molecular complexity index is 6490. The maximum absolute atomic E-state index is 8.72. The highest BCUT2D eigenvalue weighted by Gasteiger charge is 2.60. The molecule has 0 saturated carbocycles. The van der Waals surface area contributed by atoms with Gasteiger partial charge in [0.25, 0.3) is 13.4 Å². The fraction of sp³-hybridized carbons (Fsp3) is 0.0105. The lowest BCUT2D eigenvalue weighted by Crippen LogP contribution is -2.62. The van der Waals surface area contributed by atoms with Gasteiger partial charge in [-0.1, -0.05) is 212 Å². The monoisotopic (exact) mass is 1360 g/mol. The Balaban J connectivity index is 0.857. The maximum atomic E-state index is 8.72. The topological polar surface area (TPSA) is 42.3 Å². The summed E-state index contributed by atoms with van der Waals surface area (Å²) < 4.78 is 8.72. The van der Waals surface area contributed by atoms with E-state index in [9.17, 15) is 0 Å². The summed E-state index contributed by atoms with van der Waals surface area (Å²) >= 11 is 0. The first-order valence-electron chi connectivity index (χ1n) is 37.0. The number of hydrogen-bond acceptors (Lipinski definition) is 10. The molecule has 9 aliphatic heterocycles. The van der Waals surface area contributed by atoms with E-state index in [1.165, 1.54) is 33.1 Å². The van der Waals surface area contributed by atoms with Crippen molar-refractivity contribution in [2.45, 2.75) is 6.92 Å². The normalized spacial score (nSPS) is 14.2. The Morgan fingerprint density at radius 1 is 0.243 bits per heavy atom. The molecule has 0 bridgehead atoms. The largest absolute Gasteiger partial charge is 0.480 e. The van der Waals surface area contributed by atoms with Gasteiger partial charge in [-0.3, -0.25) is 0 Å². The van der Waals surface area contributed by atoms with Crippen molar-refractivity contribution < 1.29 is 4.42 Å². The van der Waals surface area contributed by atoms with Crippen LogP contribution in [0.4, 0.5) is 154 Å². The van der Waals surface area contributed by atoms with E-state index in [1.807, 2.05) is 0 Å². The minimum absolute atomic E-state index is 0.402. The number of anilines is 27. The van der Waals surface area contributed by atoms with Gasteiger partial charge in [-0.05, 0) is 178 Å². The van der Waals surface area contributed by atoms with E-state index in [-0.39, 0.29) is 0 Å². The third kappa shape index (κ3) is 7.35. The highest BCUT2D eigenvalue weighted by Crippen LogP contribution is 2.71. The van der Waals surface area contributed by atoms with Gasteiger partial charge in [0.15, 0.2) is 0 Å². The molecule has 16 aromatic rings. The van der Waals surface area contributed by atoms with Crippen LogP contribution in [-0.2, 0) is 0 Å². The van der Waals surface area contributed by atoms with E-state index in [0.29, 0.717) is 0 Å². The molecule has 10 heterocycles. The van der Waals surface area contributed by atoms with Crippen LogP contribution in [0.15, 0.2) is 344 Å². The molecule has 0 atom stereocenters. The molecule has 1 aromatic heterocycles. The van der Waals surface area contributed by atoms with E-state index in [0.717, 1.165) is 181 Å². The SMILES string of the molecule is Cc1cc2c3c4c1N(c1ccccc1)c1cccc5c1N4c1c(ccc(-c4ccccc4)c1N5c1ccccc1)B3c1oc3c4c1N2c1ccccc1N4c1cc(N(c2ccccc2)c2ccccc2)c2c4c1B3c1cc(-c3ccccc3)cc3c1N4c1c(cccc1N2c1ccccc1)N3c1ccccc1. The number of rotatable bonds is 9. The molecular weight excluding hydrogens is 1300 g/mol. The molecule has 0 radical (unpaired) electrons. The molecule has 0 spiro atoms. The van der Waals surface area contributed by atoms with Crippen molar-refractivity contribution >= 4 is 200 Å². The molecule has 0 fully saturated rings. The van der Waals surface area contributed by atoms with Crippen LogP contribution < -0.4 is 77.3 Å². The number of benzene rings is 15. The molecule has 15 aromatic carbocycles. The summed E-state index contributed by atoms with van der Waals surface area (Å²) in [4.78, 5) is 23.3. The number of hydrogen-bond donors (Lipinski definition) is 0. The molecule has 10 nitrogen and oxygen atoms in total. The number of furan rings is 1. The van der Waals surface area contributed by atoms with Gasteiger partial charge in [-0.2, -0.15) is 0 Å². The van der Waals surface area contributed by atoms with Crippen molar-refractivity contribution in [3.63, 3.8) is 0 Å². The van der Waals surface area contributed by atoms with Gasteiger partial charge in [0.1, 0.15) is 11.4 Å². The summed E-state index contributed by atoms with van der Waals surface area (Å²) in [6.07, 6.45) is 0. The van der Waals surface area contributed by atoms with Crippen LogP contribution in [0.2, 0.25) is 0 Å². The fourth-order valence-corrected chi connectivity index (χ4v) is 19.8. The lowest BCUT2D eigenvalue weighted by molar-refractivity contribution is 0.634. The Morgan fingerprint density at radius 3 is 1.19 bits per heavy atom. The molecule has 0 saturated heterocycles. The third-order valence-corrected chi connectivity index (χ3v) is 23.7. The molecule has 107 heavy (non-hydrogen) atoms. The molecule has 496 valence electrons.